The minimum absolute atomic E-state index is 0.00356. The molecule has 0 aliphatic rings. The number of hydrogen-bond donors (Lipinski definition) is 5. The topological polar surface area (TPSA) is 145 Å². The molecule has 0 bridgehead atoms. The van der Waals surface area contributed by atoms with Gasteiger partial charge in [0.05, 0.1) is 6.61 Å². The van der Waals surface area contributed by atoms with E-state index in [1.807, 2.05) is 0 Å². The van der Waals surface area contributed by atoms with Crippen LogP contribution in [-0.4, -0.2) is 74.9 Å². The van der Waals surface area contributed by atoms with Crippen molar-refractivity contribution in [1.82, 2.24) is 0 Å². The second-order valence-corrected chi connectivity index (χ2v) is 3.69. The molecule has 0 aliphatic carbocycles. The third-order valence-electron chi connectivity index (χ3n) is 2.30. The molecule has 0 spiro atoms. The first-order valence-corrected chi connectivity index (χ1v) is 5.37. The first-order valence-electron chi connectivity index (χ1n) is 5.37. The summed E-state index contributed by atoms with van der Waals surface area (Å²) in [4.78, 5) is 21.7. The van der Waals surface area contributed by atoms with E-state index in [9.17, 15) is 19.8 Å². The fourth-order valence-electron chi connectivity index (χ4n) is 1.13. The van der Waals surface area contributed by atoms with E-state index in [1.54, 1.807) is 0 Å². The summed E-state index contributed by atoms with van der Waals surface area (Å²) in [6.07, 6.45) is -8.62. The number of esters is 1. The normalized spacial score (nSPS) is 19.4. The maximum absolute atomic E-state index is 11.3. The van der Waals surface area contributed by atoms with E-state index >= 15 is 0 Å². The van der Waals surface area contributed by atoms with Gasteiger partial charge in [-0.2, -0.15) is 0 Å². The molecule has 5 N–H and O–H groups in total. The summed E-state index contributed by atoms with van der Waals surface area (Å²) in [6.45, 7) is 0.646. The molecule has 0 aromatic rings. The molecule has 0 amide bonds. The Bertz CT molecular complexity index is 269. The predicted molar refractivity (Wildman–Crippen MR) is 57.3 cm³/mol. The summed E-state index contributed by atoms with van der Waals surface area (Å²) in [6, 6.07) is 0. The molecule has 0 rings (SSSR count). The van der Waals surface area contributed by atoms with Gasteiger partial charge in [0.25, 0.3) is 0 Å². The van der Waals surface area contributed by atoms with Crippen molar-refractivity contribution < 1.29 is 39.9 Å². The Morgan fingerprint density at radius 2 is 1.83 bits per heavy atom. The summed E-state index contributed by atoms with van der Waals surface area (Å²) in [5.74, 6) is -1.15. The Hall–Kier alpha value is -1.06. The number of carbonyl (C=O) groups excluding carboxylic acids is 2. The van der Waals surface area contributed by atoms with Crippen LogP contribution in [0.5, 0.6) is 0 Å². The van der Waals surface area contributed by atoms with Crippen LogP contribution in [0.1, 0.15) is 13.3 Å². The molecular formula is C10H18O8. The molecule has 8 heteroatoms. The molecule has 0 aromatic carbocycles. The van der Waals surface area contributed by atoms with Gasteiger partial charge in [-0.05, 0) is 6.42 Å². The highest BCUT2D eigenvalue weighted by molar-refractivity contribution is 5.75. The average molecular weight is 266 g/mol. The van der Waals surface area contributed by atoms with E-state index < -0.39 is 43.1 Å². The predicted octanol–water partition coefficient (Wildman–Crippen LogP) is -3.06. The van der Waals surface area contributed by atoms with Crippen LogP contribution in [0, 0.1) is 0 Å². The van der Waals surface area contributed by atoms with Gasteiger partial charge in [-0.25, -0.2) is 4.79 Å². The van der Waals surface area contributed by atoms with Crippen molar-refractivity contribution >= 4 is 12.3 Å². The second kappa shape index (κ2) is 8.11. The lowest BCUT2D eigenvalue weighted by Crippen LogP contribution is -2.49. The van der Waals surface area contributed by atoms with E-state index in [2.05, 4.69) is 4.74 Å². The molecule has 1 unspecified atom stereocenters. The lowest BCUT2D eigenvalue weighted by atomic mass is 10.0. The number of ether oxygens (including phenoxy) is 1. The van der Waals surface area contributed by atoms with Gasteiger partial charge in [-0.3, -0.25) is 0 Å². The summed E-state index contributed by atoms with van der Waals surface area (Å²) in [5, 5.41) is 45.7. The van der Waals surface area contributed by atoms with Gasteiger partial charge in [0.1, 0.15) is 18.3 Å². The Kier molecular flexibility index (Phi) is 7.64. The van der Waals surface area contributed by atoms with Crippen LogP contribution in [0.2, 0.25) is 0 Å². The summed E-state index contributed by atoms with van der Waals surface area (Å²) >= 11 is 0. The van der Waals surface area contributed by atoms with Crippen LogP contribution in [-0.2, 0) is 14.3 Å². The zero-order valence-corrected chi connectivity index (χ0v) is 9.84. The fourth-order valence-corrected chi connectivity index (χ4v) is 1.13. The van der Waals surface area contributed by atoms with Crippen molar-refractivity contribution in [3.8, 4) is 0 Å². The van der Waals surface area contributed by atoms with Crippen LogP contribution in [0.4, 0.5) is 0 Å². The Morgan fingerprint density at radius 3 is 2.22 bits per heavy atom. The molecule has 0 heterocycles. The number of carbonyl (C=O) groups is 2. The first-order chi connectivity index (χ1) is 8.38. The second-order valence-electron chi connectivity index (χ2n) is 3.69. The Morgan fingerprint density at radius 1 is 1.28 bits per heavy atom. The minimum atomic E-state index is -1.88. The quantitative estimate of drug-likeness (QED) is 0.230. The standard InChI is InChI=1S/C10H18O8/c1-2-5(13)10(17)18-9(7(15)4-12)8(16)6(14)3-11/h4-9,11,13-16H,2-3H2,1H3/t5?,6-,7+,8-,9-/m1/s1. The SMILES string of the molecule is CCC(O)C(=O)O[C@@H]([C@H](O)[C@H](O)CO)[C@@H](O)C=O. The van der Waals surface area contributed by atoms with Gasteiger partial charge in [-0.1, -0.05) is 6.92 Å². The molecule has 106 valence electrons. The maximum Gasteiger partial charge on any atom is 0.335 e. The Labute approximate surface area is 103 Å². The number of hydrogen-bond acceptors (Lipinski definition) is 8. The third kappa shape index (κ3) is 4.67. The van der Waals surface area contributed by atoms with Crippen molar-refractivity contribution in [2.24, 2.45) is 0 Å². The van der Waals surface area contributed by atoms with Crippen molar-refractivity contribution in [3.05, 3.63) is 0 Å². The zero-order valence-electron chi connectivity index (χ0n) is 9.84. The van der Waals surface area contributed by atoms with Crippen molar-refractivity contribution in [2.75, 3.05) is 6.61 Å². The fraction of sp³-hybridized carbons (Fsp3) is 0.800. The van der Waals surface area contributed by atoms with Gasteiger partial charge >= 0.3 is 5.97 Å². The van der Waals surface area contributed by atoms with E-state index in [0.29, 0.717) is 0 Å². The van der Waals surface area contributed by atoms with E-state index in [-0.39, 0.29) is 12.7 Å². The monoisotopic (exact) mass is 266 g/mol. The van der Waals surface area contributed by atoms with Gasteiger partial charge < -0.3 is 35.1 Å². The molecule has 0 aliphatic heterocycles. The highest BCUT2D eigenvalue weighted by Crippen LogP contribution is 2.10. The van der Waals surface area contributed by atoms with Crippen LogP contribution in [0.15, 0.2) is 0 Å². The summed E-state index contributed by atoms with van der Waals surface area (Å²) < 4.78 is 4.55. The maximum atomic E-state index is 11.3. The van der Waals surface area contributed by atoms with Crippen LogP contribution >= 0.6 is 0 Å². The van der Waals surface area contributed by atoms with E-state index in [0.717, 1.165) is 0 Å². The number of aliphatic hydroxyl groups is 5. The lowest BCUT2D eigenvalue weighted by Gasteiger charge is -2.27. The van der Waals surface area contributed by atoms with E-state index in [4.69, 9.17) is 15.3 Å². The minimum Gasteiger partial charge on any atom is -0.454 e. The van der Waals surface area contributed by atoms with Crippen LogP contribution in [0.25, 0.3) is 0 Å². The third-order valence-corrected chi connectivity index (χ3v) is 2.30. The molecule has 0 aromatic heterocycles. The van der Waals surface area contributed by atoms with E-state index in [1.165, 1.54) is 6.92 Å². The molecular weight excluding hydrogens is 248 g/mol. The van der Waals surface area contributed by atoms with Crippen molar-refractivity contribution in [2.45, 2.75) is 43.9 Å². The largest absolute Gasteiger partial charge is 0.454 e. The summed E-state index contributed by atoms with van der Waals surface area (Å²) in [5.41, 5.74) is 0. The average Bonchev–Trinajstić information content (AvgIpc) is 2.40. The molecule has 0 saturated carbocycles. The van der Waals surface area contributed by atoms with Crippen LogP contribution < -0.4 is 0 Å². The summed E-state index contributed by atoms with van der Waals surface area (Å²) in [7, 11) is 0. The van der Waals surface area contributed by atoms with Crippen LogP contribution in [0.3, 0.4) is 0 Å². The van der Waals surface area contributed by atoms with Gasteiger partial charge in [0, 0.05) is 0 Å². The highest BCUT2D eigenvalue weighted by Gasteiger charge is 2.36. The molecule has 0 radical (unpaired) electrons. The molecule has 0 saturated heterocycles. The Balaban J connectivity index is 4.79. The lowest BCUT2D eigenvalue weighted by molar-refractivity contribution is -0.181. The van der Waals surface area contributed by atoms with Gasteiger partial charge in [-0.15, -0.1) is 0 Å². The number of rotatable bonds is 8. The molecule has 0 fully saturated rings. The number of aliphatic hydroxyl groups excluding tert-OH is 5. The zero-order chi connectivity index (χ0) is 14.3. The number of aldehydes is 1. The van der Waals surface area contributed by atoms with Crippen molar-refractivity contribution in [1.29, 1.82) is 0 Å². The molecule has 5 atom stereocenters. The smallest absolute Gasteiger partial charge is 0.335 e. The molecule has 8 nitrogen and oxygen atoms in total. The van der Waals surface area contributed by atoms with Gasteiger partial charge in [0.2, 0.25) is 0 Å². The first kappa shape index (κ1) is 16.9. The highest BCUT2D eigenvalue weighted by atomic mass is 16.6. The van der Waals surface area contributed by atoms with Crippen molar-refractivity contribution in [3.63, 3.8) is 0 Å². The van der Waals surface area contributed by atoms with Gasteiger partial charge in [0.15, 0.2) is 18.5 Å². The molecule has 18 heavy (non-hydrogen) atoms.